The van der Waals surface area contributed by atoms with Crippen molar-refractivity contribution in [1.29, 1.82) is 0 Å². The molecule has 148 valence electrons. The van der Waals surface area contributed by atoms with Gasteiger partial charge in [0.1, 0.15) is 12.3 Å². The van der Waals surface area contributed by atoms with Crippen molar-refractivity contribution in [3.8, 4) is 5.75 Å². The molecule has 2 amide bonds. The first-order chi connectivity index (χ1) is 13.4. The topological polar surface area (TPSA) is 95.9 Å². The molecule has 0 fully saturated rings. The Bertz CT molecular complexity index is 823. The lowest BCUT2D eigenvalue weighted by Crippen LogP contribution is -2.39. The summed E-state index contributed by atoms with van der Waals surface area (Å²) in [5, 5.41) is 12.0. The molecule has 28 heavy (non-hydrogen) atoms. The van der Waals surface area contributed by atoms with E-state index in [-0.39, 0.29) is 12.3 Å². The number of carbonyl (C=O) groups is 3. The van der Waals surface area contributed by atoms with Crippen LogP contribution in [-0.2, 0) is 14.4 Å². The highest BCUT2D eigenvalue weighted by Crippen LogP contribution is 2.28. The molecule has 1 unspecified atom stereocenters. The molecule has 2 aromatic carbocycles. The van der Waals surface area contributed by atoms with E-state index in [1.54, 1.807) is 48.5 Å². The predicted molar refractivity (Wildman–Crippen MR) is 105 cm³/mol. The molecule has 1 atom stereocenters. The third kappa shape index (κ3) is 5.84. The number of carboxylic acids is 1. The number of nitrogens with one attached hydrogen (secondary N) is 1. The fourth-order valence-electron chi connectivity index (χ4n) is 2.89. The normalized spacial score (nSPS) is 11.4. The summed E-state index contributed by atoms with van der Waals surface area (Å²) in [6, 6.07) is 15.1. The Labute approximate surface area is 163 Å². The maximum Gasteiger partial charge on any atom is 0.323 e. The fraction of sp³-hybridized carbons (Fsp3) is 0.286. The number of ether oxygens (including phenoxy) is 1. The van der Waals surface area contributed by atoms with Gasteiger partial charge < -0.3 is 20.1 Å². The number of aliphatic carboxylic acids is 1. The van der Waals surface area contributed by atoms with Crippen molar-refractivity contribution in [2.75, 3.05) is 18.1 Å². The lowest BCUT2D eigenvalue weighted by atomic mass is 10.0. The second-order valence-corrected chi connectivity index (χ2v) is 6.14. The summed E-state index contributed by atoms with van der Waals surface area (Å²) in [6.07, 6.45) is -0.105. The zero-order valence-electron chi connectivity index (χ0n) is 15.9. The molecule has 2 N–H and O–H groups in total. The number of hydrogen-bond acceptors (Lipinski definition) is 4. The van der Waals surface area contributed by atoms with Crippen molar-refractivity contribution in [3.63, 3.8) is 0 Å². The lowest BCUT2D eigenvalue weighted by molar-refractivity contribution is -0.136. The molecule has 0 bridgehead atoms. The number of amides is 2. The van der Waals surface area contributed by atoms with Gasteiger partial charge >= 0.3 is 5.97 Å². The smallest absolute Gasteiger partial charge is 0.323 e. The van der Waals surface area contributed by atoms with Gasteiger partial charge in [-0.05, 0) is 25.1 Å². The van der Waals surface area contributed by atoms with Crippen LogP contribution in [0.15, 0.2) is 54.6 Å². The molecular weight excluding hydrogens is 360 g/mol. The Morgan fingerprint density at radius 2 is 1.71 bits per heavy atom. The first kappa shape index (κ1) is 21.0. The summed E-state index contributed by atoms with van der Waals surface area (Å²) >= 11 is 0. The first-order valence-corrected chi connectivity index (χ1v) is 8.98. The van der Waals surface area contributed by atoms with Crippen LogP contribution < -0.4 is 15.0 Å². The molecule has 2 aromatic rings. The average molecular weight is 384 g/mol. The molecule has 0 radical (unpaired) electrons. The monoisotopic (exact) mass is 384 g/mol. The summed E-state index contributed by atoms with van der Waals surface area (Å²) in [7, 11) is 0. The Kier molecular flexibility index (Phi) is 7.56. The summed E-state index contributed by atoms with van der Waals surface area (Å²) in [5.41, 5.74) is 1.14. The third-order valence-electron chi connectivity index (χ3n) is 4.01. The van der Waals surface area contributed by atoms with Gasteiger partial charge in [-0.25, -0.2) is 0 Å². The summed E-state index contributed by atoms with van der Waals surface area (Å²) < 4.78 is 5.62. The highest BCUT2D eigenvalue weighted by Gasteiger charge is 2.25. The maximum atomic E-state index is 13.0. The van der Waals surface area contributed by atoms with E-state index in [2.05, 4.69) is 5.32 Å². The van der Waals surface area contributed by atoms with Gasteiger partial charge in [0, 0.05) is 18.2 Å². The number of carboxylic acid groups (broad SMARTS) is 1. The van der Waals surface area contributed by atoms with Gasteiger partial charge in [0.15, 0.2) is 0 Å². The molecule has 0 aliphatic carbocycles. The summed E-state index contributed by atoms with van der Waals surface area (Å²) in [6.45, 7) is 3.18. The second-order valence-electron chi connectivity index (χ2n) is 6.14. The molecule has 0 heterocycles. The molecule has 0 saturated heterocycles. The van der Waals surface area contributed by atoms with E-state index < -0.39 is 24.5 Å². The largest absolute Gasteiger partial charge is 0.494 e. The van der Waals surface area contributed by atoms with Gasteiger partial charge in [0.25, 0.3) is 0 Å². The van der Waals surface area contributed by atoms with Crippen LogP contribution in [0, 0.1) is 0 Å². The maximum absolute atomic E-state index is 13.0. The fourth-order valence-corrected chi connectivity index (χ4v) is 2.89. The molecule has 0 saturated carbocycles. The number of rotatable bonds is 9. The zero-order valence-corrected chi connectivity index (χ0v) is 15.9. The van der Waals surface area contributed by atoms with Crippen molar-refractivity contribution in [3.05, 3.63) is 60.2 Å². The Morgan fingerprint density at radius 1 is 1.07 bits per heavy atom. The molecular formula is C21H24N2O5. The van der Waals surface area contributed by atoms with Gasteiger partial charge in [-0.3, -0.25) is 14.4 Å². The van der Waals surface area contributed by atoms with E-state index in [9.17, 15) is 19.5 Å². The van der Waals surface area contributed by atoms with Crippen molar-refractivity contribution < 1.29 is 24.2 Å². The van der Waals surface area contributed by atoms with E-state index >= 15 is 0 Å². The SMILES string of the molecule is CCOc1ccccc1C(CC(=O)N(CC(=O)O)c1ccccc1)NC(C)=O. The number of carbonyl (C=O) groups excluding carboxylic acids is 2. The molecule has 7 nitrogen and oxygen atoms in total. The Morgan fingerprint density at radius 3 is 2.32 bits per heavy atom. The van der Waals surface area contributed by atoms with E-state index in [1.807, 2.05) is 13.0 Å². The molecule has 7 heteroatoms. The zero-order chi connectivity index (χ0) is 20.5. The van der Waals surface area contributed by atoms with Gasteiger partial charge in [0.2, 0.25) is 11.8 Å². The first-order valence-electron chi connectivity index (χ1n) is 8.98. The molecule has 2 rings (SSSR count). The van der Waals surface area contributed by atoms with Crippen LogP contribution in [-0.4, -0.2) is 36.0 Å². The van der Waals surface area contributed by atoms with Gasteiger partial charge in [0.05, 0.1) is 19.1 Å². The Balaban J connectivity index is 2.33. The molecule has 0 aromatic heterocycles. The van der Waals surface area contributed by atoms with Crippen molar-refractivity contribution in [2.24, 2.45) is 0 Å². The van der Waals surface area contributed by atoms with E-state index in [4.69, 9.17) is 4.74 Å². The highest BCUT2D eigenvalue weighted by molar-refractivity contribution is 5.98. The van der Waals surface area contributed by atoms with Crippen molar-refractivity contribution in [1.82, 2.24) is 5.32 Å². The van der Waals surface area contributed by atoms with E-state index in [0.717, 1.165) is 0 Å². The minimum absolute atomic E-state index is 0.105. The second kappa shape index (κ2) is 10.1. The van der Waals surface area contributed by atoms with Gasteiger partial charge in [-0.15, -0.1) is 0 Å². The Hall–Kier alpha value is -3.35. The number of benzene rings is 2. The number of nitrogens with zero attached hydrogens (tertiary/aromatic N) is 1. The van der Waals surface area contributed by atoms with Crippen LogP contribution in [0.2, 0.25) is 0 Å². The van der Waals surface area contributed by atoms with Crippen molar-refractivity contribution >= 4 is 23.5 Å². The van der Waals surface area contributed by atoms with Crippen LogP contribution in [0.1, 0.15) is 31.9 Å². The van der Waals surface area contributed by atoms with Gasteiger partial charge in [-0.2, -0.15) is 0 Å². The predicted octanol–water partition coefficient (Wildman–Crippen LogP) is 2.77. The highest BCUT2D eigenvalue weighted by atomic mass is 16.5. The van der Waals surface area contributed by atoms with Crippen LogP contribution in [0.4, 0.5) is 5.69 Å². The quantitative estimate of drug-likeness (QED) is 0.693. The number of hydrogen-bond donors (Lipinski definition) is 2. The lowest BCUT2D eigenvalue weighted by Gasteiger charge is -2.25. The van der Waals surface area contributed by atoms with E-state index in [1.165, 1.54) is 11.8 Å². The van der Waals surface area contributed by atoms with Crippen LogP contribution in [0.5, 0.6) is 5.75 Å². The molecule has 0 aliphatic heterocycles. The molecule has 0 spiro atoms. The average Bonchev–Trinajstić information content (AvgIpc) is 2.66. The molecule has 0 aliphatic rings. The van der Waals surface area contributed by atoms with Crippen LogP contribution in [0.3, 0.4) is 0 Å². The van der Waals surface area contributed by atoms with Crippen LogP contribution >= 0.6 is 0 Å². The third-order valence-corrected chi connectivity index (χ3v) is 4.01. The van der Waals surface area contributed by atoms with Gasteiger partial charge in [-0.1, -0.05) is 36.4 Å². The number of anilines is 1. The minimum atomic E-state index is -1.12. The number of para-hydroxylation sites is 2. The summed E-state index contributed by atoms with van der Waals surface area (Å²) in [5.74, 6) is -1.27. The van der Waals surface area contributed by atoms with Crippen LogP contribution in [0.25, 0.3) is 0 Å². The summed E-state index contributed by atoms with van der Waals surface area (Å²) in [4.78, 5) is 37.2. The minimum Gasteiger partial charge on any atom is -0.494 e. The van der Waals surface area contributed by atoms with E-state index in [0.29, 0.717) is 23.6 Å². The van der Waals surface area contributed by atoms with Crippen molar-refractivity contribution in [2.45, 2.75) is 26.3 Å². The standard InChI is InChI=1S/C21H24N2O5/c1-3-28-19-12-8-7-11-17(19)18(22-15(2)24)13-20(25)23(14-21(26)27)16-9-5-4-6-10-16/h4-12,18H,3,13-14H2,1-2H3,(H,22,24)(H,26,27).